The van der Waals surface area contributed by atoms with Gasteiger partial charge in [-0.1, -0.05) is 6.92 Å². The highest BCUT2D eigenvalue weighted by Crippen LogP contribution is 2.38. The van der Waals surface area contributed by atoms with Crippen LogP contribution in [0.3, 0.4) is 0 Å². The Kier molecular flexibility index (Phi) is 3.26. The lowest BCUT2D eigenvalue weighted by atomic mass is 9.94. The molecule has 0 heterocycles. The van der Waals surface area contributed by atoms with Crippen LogP contribution in [-0.4, -0.2) is 0 Å². The largest absolute Gasteiger partial charge is 0.417 e. The van der Waals surface area contributed by atoms with E-state index in [9.17, 15) is 22.0 Å². The van der Waals surface area contributed by atoms with E-state index in [1.807, 2.05) is 0 Å². The lowest BCUT2D eigenvalue weighted by molar-refractivity contribution is -0.138. The maximum absolute atomic E-state index is 13.3. The standard InChI is InChI=1S/C11H11F5/c1-4-7-5(2)8(11(14,15)16)6(3)9(12)10(7)13/h4H2,1-3H3. The number of rotatable bonds is 1. The van der Waals surface area contributed by atoms with Crippen LogP contribution >= 0.6 is 0 Å². The summed E-state index contributed by atoms with van der Waals surface area (Å²) in [6.45, 7) is 3.59. The normalized spacial score (nSPS) is 12.0. The maximum atomic E-state index is 13.3. The summed E-state index contributed by atoms with van der Waals surface area (Å²) in [5.41, 5.74) is -2.19. The fraction of sp³-hybridized carbons (Fsp3) is 0.455. The summed E-state index contributed by atoms with van der Waals surface area (Å²) < 4.78 is 64.6. The fourth-order valence-electron chi connectivity index (χ4n) is 1.85. The predicted molar refractivity (Wildman–Crippen MR) is 50.2 cm³/mol. The van der Waals surface area contributed by atoms with Gasteiger partial charge in [-0.25, -0.2) is 8.78 Å². The molecule has 0 spiro atoms. The van der Waals surface area contributed by atoms with Gasteiger partial charge in [-0.05, 0) is 31.4 Å². The highest BCUT2D eigenvalue weighted by molar-refractivity contribution is 5.43. The molecule has 0 saturated heterocycles. The summed E-state index contributed by atoms with van der Waals surface area (Å²) in [7, 11) is 0. The Morgan fingerprint density at radius 2 is 1.44 bits per heavy atom. The molecular weight excluding hydrogens is 227 g/mol. The lowest BCUT2D eigenvalue weighted by Crippen LogP contribution is -2.15. The minimum absolute atomic E-state index is 0.0257. The number of halogens is 5. The molecule has 0 unspecified atom stereocenters. The van der Waals surface area contributed by atoms with Gasteiger partial charge >= 0.3 is 6.18 Å². The molecule has 1 aromatic carbocycles. The van der Waals surface area contributed by atoms with Crippen molar-refractivity contribution in [2.75, 3.05) is 0 Å². The van der Waals surface area contributed by atoms with Crippen molar-refractivity contribution >= 4 is 0 Å². The molecule has 0 atom stereocenters. The third-order valence-electron chi connectivity index (χ3n) is 2.63. The maximum Gasteiger partial charge on any atom is 0.417 e. The average Bonchev–Trinajstić information content (AvgIpc) is 2.13. The van der Waals surface area contributed by atoms with Crippen LogP contribution in [0.15, 0.2) is 0 Å². The second-order valence-corrected chi connectivity index (χ2v) is 3.58. The Morgan fingerprint density at radius 1 is 0.938 bits per heavy atom. The first-order valence-electron chi connectivity index (χ1n) is 4.76. The van der Waals surface area contributed by atoms with Crippen LogP contribution in [0.25, 0.3) is 0 Å². The minimum atomic E-state index is -4.66. The van der Waals surface area contributed by atoms with Crippen molar-refractivity contribution in [3.05, 3.63) is 33.9 Å². The van der Waals surface area contributed by atoms with E-state index in [4.69, 9.17) is 0 Å². The molecule has 1 aromatic rings. The molecule has 0 aliphatic heterocycles. The summed E-state index contributed by atoms with van der Waals surface area (Å²) in [6, 6.07) is 0. The van der Waals surface area contributed by atoms with Crippen molar-refractivity contribution < 1.29 is 22.0 Å². The van der Waals surface area contributed by atoms with Crippen LogP contribution in [-0.2, 0) is 12.6 Å². The average molecular weight is 238 g/mol. The van der Waals surface area contributed by atoms with Crippen molar-refractivity contribution in [3.8, 4) is 0 Å². The van der Waals surface area contributed by atoms with Gasteiger partial charge in [-0.3, -0.25) is 0 Å². The topological polar surface area (TPSA) is 0 Å². The molecule has 0 fully saturated rings. The molecule has 0 amide bonds. The Morgan fingerprint density at radius 3 is 1.81 bits per heavy atom. The van der Waals surface area contributed by atoms with Crippen molar-refractivity contribution in [1.82, 2.24) is 0 Å². The number of benzene rings is 1. The Labute approximate surface area is 90.1 Å². The summed E-state index contributed by atoms with van der Waals surface area (Å²) in [6.07, 6.45) is -4.63. The predicted octanol–water partition coefficient (Wildman–Crippen LogP) is 4.16. The van der Waals surface area contributed by atoms with Crippen LogP contribution in [0.4, 0.5) is 22.0 Å². The molecule has 0 nitrogen and oxygen atoms in total. The van der Waals surface area contributed by atoms with Crippen LogP contribution in [0.1, 0.15) is 29.2 Å². The minimum Gasteiger partial charge on any atom is -0.203 e. The molecule has 1 rings (SSSR count). The van der Waals surface area contributed by atoms with Gasteiger partial charge in [0.1, 0.15) is 0 Å². The van der Waals surface area contributed by atoms with Gasteiger partial charge in [-0.2, -0.15) is 13.2 Å². The Balaban J connectivity index is 3.69. The highest BCUT2D eigenvalue weighted by Gasteiger charge is 2.37. The van der Waals surface area contributed by atoms with Gasteiger partial charge in [-0.15, -0.1) is 0 Å². The molecule has 0 aliphatic carbocycles. The molecule has 0 radical (unpaired) electrons. The summed E-state index contributed by atoms with van der Waals surface area (Å²) in [5, 5.41) is 0. The third kappa shape index (κ3) is 1.90. The molecule has 0 bridgehead atoms. The van der Waals surface area contributed by atoms with Crippen molar-refractivity contribution in [1.29, 1.82) is 0 Å². The van der Waals surface area contributed by atoms with Crippen LogP contribution in [0.5, 0.6) is 0 Å². The molecule has 16 heavy (non-hydrogen) atoms. The summed E-state index contributed by atoms with van der Waals surface area (Å²) >= 11 is 0. The molecule has 0 aliphatic rings. The van der Waals surface area contributed by atoms with E-state index in [2.05, 4.69) is 0 Å². The summed E-state index contributed by atoms with van der Waals surface area (Å²) in [4.78, 5) is 0. The van der Waals surface area contributed by atoms with Crippen LogP contribution < -0.4 is 0 Å². The van der Waals surface area contributed by atoms with Gasteiger partial charge in [0.2, 0.25) is 0 Å². The molecule has 90 valence electrons. The van der Waals surface area contributed by atoms with E-state index < -0.39 is 28.9 Å². The van der Waals surface area contributed by atoms with E-state index in [-0.39, 0.29) is 17.5 Å². The Bertz CT molecular complexity index is 418. The highest BCUT2D eigenvalue weighted by atomic mass is 19.4. The zero-order valence-electron chi connectivity index (χ0n) is 9.10. The molecular formula is C11H11F5. The number of hydrogen-bond donors (Lipinski definition) is 0. The van der Waals surface area contributed by atoms with Gasteiger partial charge < -0.3 is 0 Å². The van der Waals surface area contributed by atoms with E-state index in [0.29, 0.717) is 0 Å². The van der Waals surface area contributed by atoms with Crippen molar-refractivity contribution in [2.24, 2.45) is 0 Å². The van der Waals surface area contributed by atoms with E-state index in [1.165, 1.54) is 6.92 Å². The Hall–Kier alpha value is -1.13. The molecule has 0 N–H and O–H groups in total. The van der Waals surface area contributed by atoms with E-state index in [0.717, 1.165) is 13.8 Å². The first-order valence-corrected chi connectivity index (χ1v) is 4.76. The van der Waals surface area contributed by atoms with Gasteiger partial charge in [0.15, 0.2) is 11.6 Å². The van der Waals surface area contributed by atoms with Gasteiger partial charge in [0.05, 0.1) is 5.56 Å². The third-order valence-corrected chi connectivity index (χ3v) is 2.63. The van der Waals surface area contributed by atoms with Crippen molar-refractivity contribution in [2.45, 2.75) is 33.4 Å². The first kappa shape index (κ1) is 12.9. The second-order valence-electron chi connectivity index (χ2n) is 3.58. The molecule has 5 heteroatoms. The monoisotopic (exact) mass is 238 g/mol. The second kappa shape index (κ2) is 4.03. The summed E-state index contributed by atoms with van der Waals surface area (Å²) in [5.74, 6) is -2.58. The first-order chi connectivity index (χ1) is 7.21. The van der Waals surface area contributed by atoms with E-state index >= 15 is 0 Å². The quantitative estimate of drug-likeness (QED) is 0.644. The number of hydrogen-bond acceptors (Lipinski definition) is 0. The number of alkyl halides is 3. The smallest absolute Gasteiger partial charge is 0.203 e. The lowest BCUT2D eigenvalue weighted by Gasteiger charge is -2.18. The van der Waals surface area contributed by atoms with Gasteiger partial charge in [0.25, 0.3) is 0 Å². The molecule has 0 saturated carbocycles. The zero-order chi connectivity index (χ0) is 12.7. The van der Waals surface area contributed by atoms with Crippen molar-refractivity contribution in [3.63, 3.8) is 0 Å². The van der Waals surface area contributed by atoms with Gasteiger partial charge in [0, 0.05) is 5.56 Å². The molecule has 0 aromatic heterocycles. The van der Waals surface area contributed by atoms with Crippen LogP contribution in [0.2, 0.25) is 0 Å². The SMILES string of the molecule is CCc1c(C)c(C(F)(F)F)c(C)c(F)c1F. The van der Waals surface area contributed by atoms with Crippen LogP contribution in [0, 0.1) is 25.5 Å². The van der Waals surface area contributed by atoms with E-state index in [1.54, 1.807) is 0 Å². The zero-order valence-corrected chi connectivity index (χ0v) is 9.10. The fourth-order valence-corrected chi connectivity index (χ4v) is 1.85.